The Balaban J connectivity index is 1.68. The fourth-order valence-electron chi connectivity index (χ4n) is 3.87. The van der Waals surface area contributed by atoms with Gasteiger partial charge < -0.3 is 14.7 Å². The van der Waals surface area contributed by atoms with Crippen molar-refractivity contribution in [3.63, 3.8) is 0 Å². The van der Waals surface area contributed by atoms with Crippen LogP contribution >= 0.6 is 0 Å². The minimum absolute atomic E-state index is 0.0965. The predicted octanol–water partition coefficient (Wildman–Crippen LogP) is 3.72. The number of amides is 2. The Morgan fingerprint density at radius 2 is 1.62 bits per heavy atom. The number of aryl methyl sites for hydroxylation is 1. The SMILES string of the molecule is CCN(C(=O)C(C)(C)C(=O)N1CCN(c2cccc(C)c2)CC1)c1ccccc1. The van der Waals surface area contributed by atoms with Crippen LogP contribution in [0.1, 0.15) is 26.3 Å². The van der Waals surface area contributed by atoms with E-state index < -0.39 is 5.41 Å². The van der Waals surface area contributed by atoms with Crippen LogP contribution in [0.3, 0.4) is 0 Å². The molecule has 0 spiro atoms. The van der Waals surface area contributed by atoms with Crippen LogP contribution in [0.5, 0.6) is 0 Å². The zero-order valence-electron chi connectivity index (χ0n) is 17.9. The number of piperazine rings is 1. The zero-order valence-corrected chi connectivity index (χ0v) is 17.9. The molecule has 0 saturated carbocycles. The number of hydrogen-bond donors (Lipinski definition) is 0. The van der Waals surface area contributed by atoms with E-state index in [0.29, 0.717) is 19.6 Å². The van der Waals surface area contributed by atoms with Crippen molar-refractivity contribution in [2.75, 3.05) is 42.5 Å². The van der Waals surface area contributed by atoms with Gasteiger partial charge in [0, 0.05) is 44.1 Å². The molecule has 1 aliphatic heterocycles. The van der Waals surface area contributed by atoms with E-state index in [1.807, 2.05) is 42.2 Å². The molecule has 0 radical (unpaired) electrons. The molecule has 1 fully saturated rings. The molecule has 5 nitrogen and oxygen atoms in total. The van der Waals surface area contributed by atoms with E-state index in [4.69, 9.17) is 0 Å². The minimum Gasteiger partial charge on any atom is -0.368 e. The van der Waals surface area contributed by atoms with Gasteiger partial charge in [-0.25, -0.2) is 0 Å². The summed E-state index contributed by atoms with van der Waals surface area (Å²) in [6.45, 7) is 10.8. The number of hydrogen-bond acceptors (Lipinski definition) is 3. The zero-order chi connectivity index (χ0) is 21.0. The van der Waals surface area contributed by atoms with Crippen molar-refractivity contribution in [3.8, 4) is 0 Å². The summed E-state index contributed by atoms with van der Waals surface area (Å²) in [5, 5.41) is 0. The summed E-state index contributed by atoms with van der Waals surface area (Å²) >= 11 is 0. The minimum atomic E-state index is -1.10. The summed E-state index contributed by atoms with van der Waals surface area (Å²) in [5.74, 6) is -0.252. The van der Waals surface area contributed by atoms with Gasteiger partial charge in [-0.15, -0.1) is 0 Å². The van der Waals surface area contributed by atoms with Gasteiger partial charge in [-0.3, -0.25) is 9.59 Å². The van der Waals surface area contributed by atoms with Crippen molar-refractivity contribution in [1.29, 1.82) is 0 Å². The molecule has 29 heavy (non-hydrogen) atoms. The van der Waals surface area contributed by atoms with E-state index >= 15 is 0 Å². The van der Waals surface area contributed by atoms with Gasteiger partial charge in [0.25, 0.3) is 0 Å². The van der Waals surface area contributed by atoms with E-state index in [1.165, 1.54) is 11.3 Å². The summed E-state index contributed by atoms with van der Waals surface area (Å²) < 4.78 is 0. The molecule has 0 unspecified atom stereocenters. The van der Waals surface area contributed by atoms with Gasteiger partial charge in [0.2, 0.25) is 11.8 Å². The Kier molecular flexibility index (Phi) is 6.26. The van der Waals surface area contributed by atoms with Gasteiger partial charge in [0.05, 0.1) is 0 Å². The smallest absolute Gasteiger partial charge is 0.242 e. The molecular weight excluding hydrogens is 362 g/mol. The lowest BCUT2D eigenvalue weighted by Crippen LogP contribution is -2.56. The van der Waals surface area contributed by atoms with E-state index in [-0.39, 0.29) is 11.8 Å². The molecule has 0 bridgehead atoms. The van der Waals surface area contributed by atoms with Gasteiger partial charge >= 0.3 is 0 Å². The first kappa shape index (κ1) is 20.9. The summed E-state index contributed by atoms with van der Waals surface area (Å²) in [4.78, 5) is 32.4. The van der Waals surface area contributed by atoms with Crippen molar-refractivity contribution in [2.45, 2.75) is 27.7 Å². The van der Waals surface area contributed by atoms with E-state index in [0.717, 1.165) is 18.8 Å². The van der Waals surface area contributed by atoms with Gasteiger partial charge in [-0.05, 0) is 57.5 Å². The fourth-order valence-corrected chi connectivity index (χ4v) is 3.87. The largest absolute Gasteiger partial charge is 0.368 e. The van der Waals surface area contributed by atoms with Gasteiger partial charge in [0.1, 0.15) is 5.41 Å². The molecule has 1 aliphatic rings. The van der Waals surface area contributed by atoms with Crippen LogP contribution in [0.2, 0.25) is 0 Å². The first-order chi connectivity index (χ1) is 13.8. The monoisotopic (exact) mass is 393 g/mol. The lowest BCUT2D eigenvalue weighted by molar-refractivity contribution is -0.147. The van der Waals surface area contributed by atoms with E-state index in [2.05, 4.69) is 36.1 Å². The number of benzene rings is 2. The predicted molar refractivity (Wildman–Crippen MR) is 118 cm³/mol. The molecule has 2 amide bonds. The maximum Gasteiger partial charge on any atom is 0.242 e. The van der Waals surface area contributed by atoms with Crippen LogP contribution < -0.4 is 9.80 Å². The molecule has 3 rings (SSSR count). The second-order valence-corrected chi connectivity index (χ2v) is 8.13. The highest BCUT2D eigenvalue weighted by Gasteiger charge is 2.42. The van der Waals surface area contributed by atoms with Crippen molar-refractivity contribution < 1.29 is 9.59 Å². The van der Waals surface area contributed by atoms with Crippen molar-refractivity contribution in [3.05, 3.63) is 60.2 Å². The second-order valence-electron chi connectivity index (χ2n) is 8.13. The van der Waals surface area contributed by atoms with Crippen LogP contribution in [0.15, 0.2) is 54.6 Å². The maximum atomic E-state index is 13.3. The van der Waals surface area contributed by atoms with Crippen molar-refractivity contribution in [2.24, 2.45) is 5.41 Å². The third-order valence-electron chi connectivity index (χ3n) is 5.63. The third-order valence-corrected chi connectivity index (χ3v) is 5.63. The second kappa shape index (κ2) is 8.68. The molecule has 1 saturated heterocycles. The van der Waals surface area contributed by atoms with E-state index in [9.17, 15) is 9.59 Å². The highest BCUT2D eigenvalue weighted by Crippen LogP contribution is 2.27. The van der Waals surface area contributed by atoms with Gasteiger partial charge in [-0.1, -0.05) is 30.3 Å². The maximum absolute atomic E-state index is 13.3. The lowest BCUT2D eigenvalue weighted by Gasteiger charge is -2.40. The summed E-state index contributed by atoms with van der Waals surface area (Å²) in [7, 11) is 0. The molecule has 5 heteroatoms. The first-order valence-corrected chi connectivity index (χ1v) is 10.3. The molecule has 2 aromatic carbocycles. The van der Waals surface area contributed by atoms with Crippen LogP contribution in [-0.4, -0.2) is 49.4 Å². The number of nitrogens with zero attached hydrogens (tertiary/aromatic N) is 3. The summed E-state index contributed by atoms with van der Waals surface area (Å²) in [6.07, 6.45) is 0. The molecule has 154 valence electrons. The summed E-state index contributed by atoms with van der Waals surface area (Å²) in [5.41, 5.74) is 2.14. The Bertz CT molecular complexity index is 855. The van der Waals surface area contributed by atoms with Crippen LogP contribution in [0, 0.1) is 12.3 Å². The average Bonchev–Trinajstić information content (AvgIpc) is 2.74. The van der Waals surface area contributed by atoms with Crippen molar-refractivity contribution in [1.82, 2.24) is 4.90 Å². The van der Waals surface area contributed by atoms with Gasteiger partial charge in [-0.2, -0.15) is 0 Å². The normalized spacial score (nSPS) is 14.6. The molecule has 0 atom stereocenters. The standard InChI is InChI=1S/C24H31N3O2/c1-5-27(20-11-7-6-8-12-20)23(29)24(3,4)22(28)26-16-14-25(15-17-26)21-13-9-10-19(2)18-21/h6-13,18H,5,14-17H2,1-4H3. The molecule has 0 N–H and O–H groups in total. The Morgan fingerprint density at radius 3 is 2.21 bits per heavy atom. The Labute approximate surface area is 173 Å². The fraction of sp³-hybridized carbons (Fsp3) is 0.417. The highest BCUT2D eigenvalue weighted by atomic mass is 16.2. The lowest BCUT2D eigenvalue weighted by atomic mass is 9.89. The molecule has 0 aromatic heterocycles. The molecule has 1 heterocycles. The molecular formula is C24H31N3O2. The van der Waals surface area contributed by atoms with Gasteiger partial charge in [0.15, 0.2) is 0 Å². The Hall–Kier alpha value is -2.82. The van der Waals surface area contributed by atoms with Crippen LogP contribution in [0.4, 0.5) is 11.4 Å². The first-order valence-electron chi connectivity index (χ1n) is 10.3. The summed E-state index contributed by atoms with van der Waals surface area (Å²) in [6, 6.07) is 18.0. The van der Waals surface area contributed by atoms with Crippen molar-refractivity contribution >= 4 is 23.2 Å². The van der Waals surface area contributed by atoms with Crippen LogP contribution in [-0.2, 0) is 9.59 Å². The number of rotatable bonds is 5. The number of anilines is 2. The van der Waals surface area contributed by atoms with E-state index in [1.54, 1.807) is 18.7 Å². The topological polar surface area (TPSA) is 43.9 Å². The van der Waals surface area contributed by atoms with Crippen LogP contribution in [0.25, 0.3) is 0 Å². The molecule has 2 aromatic rings. The average molecular weight is 394 g/mol. The number of carbonyl (C=O) groups is 2. The molecule has 0 aliphatic carbocycles. The number of para-hydroxylation sites is 1. The Morgan fingerprint density at radius 1 is 0.966 bits per heavy atom. The number of carbonyl (C=O) groups excluding carboxylic acids is 2. The highest BCUT2D eigenvalue weighted by molar-refractivity contribution is 6.11. The quantitative estimate of drug-likeness (QED) is 0.727. The third kappa shape index (κ3) is 4.44.